The van der Waals surface area contributed by atoms with Crippen molar-refractivity contribution in [3.63, 3.8) is 0 Å². The molecule has 0 amide bonds. The lowest BCUT2D eigenvalue weighted by atomic mass is 9.94. The van der Waals surface area contributed by atoms with Gasteiger partial charge in [-0.3, -0.25) is 15.1 Å². The number of rotatable bonds is 5. The molecule has 0 spiro atoms. The number of aromatic amines is 2. The molecule has 0 saturated heterocycles. The smallest absolute Gasteiger partial charge is 0.159 e. The number of H-pyrrole nitrogens is 2. The molecule has 0 aliphatic heterocycles. The zero-order chi connectivity index (χ0) is 25.7. The summed E-state index contributed by atoms with van der Waals surface area (Å²) in [5, 5.41) is 22.2. The Morgan fingerprint density at radius 2 is 1.84 bits per heavy atom. The molecule has 1 atom stereocenters. The monoisotopic (exact) mass is 493 g/mol. The quantitative estimate of drug-likeness (QED) is 0.253. The van der Waals surface area contributed by atoms with Crippen molar-refractivity contribution in [3.8, 4) is 28.3 Å². The predicted molar refractivity (Wildman–Crippen MR) is 143 cm³/mol. The zero-order valence-electron chi connectivity index (χ0n) is 21.0. The summed E-state index contributed by atoms with van der Waals surface area (Å²) in [6.07, 6.45) is 10.1. The average molecular weight is 494 g/mol. The van der Waals surface area contributed by atoms with Crippen molar-refractivity contribution < 1.29 is 5.11 Å². The Morgan fingerprint density at radius 3 is 2.62 bits per heavy atom. The number of hydrogen-bond acceptors (Lipinski definition) is 7. The van der Waals surface area contributed by atoms with Crippen LogP contribution in [0.4, 0.5) is 5.69 Å². The van der Waals surface area contributed by atoms with Gasteiger partial charge in [0.25, 0.3) is 0 Å². The van der Waals surface area contributed by atoms with Gasteiger partial charge in [0.1, 0.15) is 17.4 Å². The molecule has 10 heteroatoms. The maximum atomic E-state index is 10.5. The third-order valence-electron chi connectivity index (χ3n) is 6.35. The minimum absolute atomic E-state index is 0.306. The Balaban J connectivity index is 1.39. The van der Waals surface area contributed by atoms with Gasteiger partial charge >= 0.3 is 0 Å². The molecule has 4 N–H and O–H groups in total. The fourth-order valence-electron chi connectivity index (χ4n) is 4.20. The van der Waals surface area contributed by atoms with E-state index >= 15 is 0 Å². The van der Waals surface area contributed by atoms with Gasteiger partial charge in [0.15, 0.2) is 5.82 Å². The van der Waals surface area contributed by atoms with Gasteiger partial charge in [-0.25, -0.2) is 9.97 Å². The fourth-order valence-corrected chi connectivity index (χ4v) is 4.20. The molecule has 6 rings (SSSR count). The van der Waals surface area contributed by atoms with E-state index in [-0.39, 0.29) is 5.41 Å². The Morgan fingerprint density at radius 1 is 1.00 bits per heavy atom. The van der Waals surface area contributed by atoms with Crippen LogP contribution in [0.25, 0.3) is 50.3 Å². The largest absolute Gasteiger partial charge is 0.373 e. The van der Waals surface area contributed by atoms with Crippen LogP contribution in [0.2, 0.25) is 0 Å². The first kappa shape index (κ1) is 22.9. The highest BCUT2D eigenvalue weighted by Gasteiger charge is 2.22. The van der Waals surface area contributed by atoms with E-state index in [1.54, 1.807) is 24.9 Å². The number of imidazole rings is 2. The lowest BCUT2D eigenvalue weighted by Crippen LogP contribution is -2.33. The second-order valence-electron chi connectivity index (χ2n) is 10.3. The standard InChI is InChI=1S/C27H27N9O/c1-15-13-36(14-30-15)22-12-29-11-21-24(22)33-25(32-21)23-19-8-16(5-6-20(19)34-35-23)17-7-18(10-28-9-17)31-26(37)27(2,3)4/h5-14,26,31,37H,1-4H3,(H,32,33)(H,34,35). The van der Waals surface area contributed by atoms with Crippen LogP contribution < -0.4 is 5.32 Å². The summed E-state index contributed by atoms with van der Waals surface area (Å²) in [4.78, 5) is 21.3. The van der Waals surface area contributed by atoms with Gasteiger partial charge in [0, 0.05) is 28.8 Å². The number of fused-ring (bicyclic) bond motifs is 2. The van der Waals surface area contributed by atoms with E-state index < -0.39 is 6.23 Å². The van der Waals surface area contributed by atoms with Crippen molar-refractivity contribution >= 4 is 27.6 Å². The number of aliphatic hydroxyl groups is 1. The van der Waals surface area contributed by atoms with E-state index in [0.717, 1.165) is 50.1 Å². The van der Waals surface area contributed by atoms with Crippen LogP contribution in [0.15, 0.2) is 61.6 Å². The minimum atomic E-state index is -0.703. The Kier molecular flexibility index (Phi) is 5.27. The van der Waals surface area contributed by atoms with E-state index in [0.29, 0.717) is 11.5 Å². The Hall–Kier alpha value is -4.57. The van der Waals surface area contributed by atoms with Gasteiger partial charge in [-0.05, 0) is 30.7 Å². The second-order valence-corrected chi connectivity index (χ2v) is 10.3. The first-order chi connectivity index (χ1) is 17.8. The Bertz CT molecular complexity index is 1740. The highest BCUT2D eigenvalue weighted by molar-refractivity contribution is 5.96. The second kappa shape index (κ2) is 8.52. The number of hydrogen-bond donors (Lipinski definition) is 4. The summed E-state index contributed by atoms with van der Waals surface area (Å²) in [6, 6.07) is 8.07. The molecule has 0 radical (unpaired) electrons. The van der Waals surface area contributed by atoms with E-state index in [1.807, 2.05) is 62.9 Å². The summed E-state index contributed by atoms with van der Waals surface area (Å²) >= 11 is 0. The number of aliphatic hydroxyl groups excluding tert-OH is 1. The molecule has 186 valence electrons. The molecule has 0 fully saturated rings. The number of aromatic nitrogens is 8. The maximum absolute atomic E-state index is 10.5. The van der Waals surface area contributed by atoms with Gasteiger partial charge < -0.3 is 20.0 Å². The van der Waals surface area contributed by atoms with Crippen molar-refractivity contribution in [2.24, 2.45) is 5.41 Å². The third-order valence-corrected chi connectivity index (χ3v) is 6.35. The maximum Gasteiger partial charge on any atom is 0.159 e. The van der Waals surface area contributed by atoms with Gasteiger partial charge in [0.2, 0.25) is 0 Å². The minimum Gasteiger partial charge on any atom is -0.373 e. The van der Waals surface area contributed by atoms with Gasteiger partial charge in [0.05, 0.1) is 53.0 Å². The summed E-state index contributed by atoms with van der Waals surface area (Å²) < 4.78 is 1.92. The third kappa shape index (κ3) is 4.21. The fraction of sp³-hybridized carbons (Fsp3) is 0.222. The van der Waals surface area contributed by atoms with E-state index in [4.69, 9.17) is 4.98 Å². The van der Waals surface area contributed by atoms with Crippen LogP contribution in [-0.2, 0) is 0 Å². The number of pyridine rings is 2. The summed E-state index contributed by atoms with van der Waals surface area (Å²) in [6.45, 7) is 7.87. The normalized spacial score (nSPS) is 12.9. The first-order valence-corrected chi connectivity index (χ1v) is 12.0. The molecular formula is C27H27N9O. The van der Waals surface area contributed by atoms with Crippen LogP contribution in [0, 0.1) is 12.3 Å². The molecule has 10 nitrogen and oxygen atoms in total. The molecule has 37 heavy (non-hydrogen) atoms. The molecule has 0 aliphatic carbocycles. The van der Waals surface area contributed by atoms with Crippen molar-refractivity contribution in [1.82, 2.24) is 39.7 Å². The summed E-state index contributed by atoms with van der Waals surface area (Å²) in [7, 11) is 0. The van der Waals surface area contributed by atoms with Crippen LogP contribution in [0.3, 0.4) is 0 Å². The van der Waals surface area contributed by atoms with E-state index in [9.17, 15) is 5.11 Å². The SMILES string of the molecule is Cc1cn(-c2cncc3[nH]c(-c4n[nH]c5ccc(-c6cncc(NC(O)C(C)(C)C)c6)cc45)nc23)cn1. The van der Waals surface area contributed by atoms with E-state index in [2.05, 4.69) is 41.5 Å². The molecule has 6 aromatic rings. The number of nitrogens with zero attached hydrogens (tertiary/aromatic N) is 6. The van der Waals surface area contributed by atoms with Crippen molar-refractivity contribution in [3.05, 3.63) is 67.3 Å². The average Bonchev–Trinajstić information content (AvgIpc) is 3.60. The van der Waals surface area contributed by atoms with Gasteiger partial charge in [-0.1, -0.05) is 26.8 Å². The molecule has 1 unspecified atom stereocenters. The summed E-state index contributed by atoms with van der Waals surface area (Å²) in [5.41, 5.74) is 7.31. The van der Waals surface area contributed by atoms with Gasteiger partial charge in [-0.15, -0.1) is 0 Å². The lowest BCUT2D eigenvalue weighted by Gasteiger charge is -2.27. The highest BCUT2D eigenvalue weighted by atomic mass is 16.3. The molecule has 0 saturated carbocycles. The molecule has 5 heterocycles. The van der Waals surface area contributed by atoms with E-state index in [1.165, 1.54) is 0 Å². The molecule has 0 aliphatic rings. The van der Waals surface area contributed by atoms with Crippen LogP contribution in [0.5, 0.6) is 0 Å². The molecular weight excluding hydrogens is 466 g/mol. The predicted octanol–water partition coefficient (Wildman–Crippen LogP) is 4.83. The van der Waals surface area contributed by atoms with Gasteiger partial charge in [-0.2, -0.15) is 5.10 Å². The number of aryl methyl sites for hydroxylation is 1. The number of benzene rings is 1. The number of anilines is 1. The summed E-state index contributed by atoms with van der Waals surface area (Å²) in [5.74, 6) is 0.645. The molecule has 0 bridgehead atoms. The first-order valence-electron chi connectivity index (χ1n) is 12.0. The number of nitrogens with one attached hydrogen (secondary N) is 3. The Labute approximate surface area is 212 Å². The van der Waals surface area contributed by atoms with Crippen LogP contribution in [0.1, 0.15) is 26.5 Å². The highest BCUT2D eigenvalue weighted by Crippen LogP contribution is 2.32. The van der Waals surface area contributed by atoms with Crippen molar-refractivity contribution in [1.29, 1.82) is 0 Å². The molecule has 5 aromatic heterocycles. The zero-order valence-corrected chi connectivity index (χ0v) is 21.0. The van der Waals surface area contributed by atoms with Crippen molar-refractivity contribution in [2.45, 2.75) is 33.9 Å². The lowest BCUT2D eigenvalue weighted by molar-refractivity contribution is 0.0880. The van der Waals surface area contributed by atoms with Crippen molar-refractivity contribution in [2.75, 3.05) is 5.32 Å². The topological polar surface area (TPSA) is 133 Å². The molecule has 1 aromatic carbocycles. The van der Waals surface area contributed by atoms with Crippen LogP contribution in [-0.4, -0.2) is 51.0 Å². The van der Waals surface area contributed by atoms with Crippen LogP contribution >= 0.6 is 0 Å².